The van der Waals surface area contributed by atoms with Gasteiger partial charge in [0.05, 0.1) is 7.11 Å². The molecular weight excluding hydrogens is 226 g/mol. The van der Waals surface area contributed by atoms with E-state index in [1.807, 2.05) is 18.2 Å². The Balaban J connectivity index is 1.94. The summed E-state index contributed by atoms with van der Waals surface area (Å²) in [5.74, 6) is 1.53. The molecule has 1 N–H and O–H groups in total. The molecule has 0 atom stereocenters. The minimum absolute atomic E-state index is 0.00783. The molecule has 1 saturated carbocycles. The summed E-state index contributed by atoms with van der Waals surface area (Å²) in [6, 6.07) is 7.62. The monoisotopic (exact) mass is 247 g/mol. The molecule has 98 valence electrons. The fraction of sp³-hybridized carbons (Fsp3) is 0.533. The third-order valence-corrected chi connectivity index (χ3v) is 3.68. The van der Waals surface area contributed by atoms with E-state index in [4.69, 9.17) is 4.74 Å². The van der Waals surface area contributed by atoms with Crippen LogP contribution in [0.25, 0.3) is 0 Å². The molecule has 0 radical (unpaired) electrons. The van der Waals surface area contributed by atoms with Crippen LogP contribution in [0.2, 0.25) is 0 Å². The highest BCUT2D eigenvalue weighted by Gasteiger charge is 2.20. The molecule has 0 aromatic heterocycles. The number of hydrogen-bond acceptors (Lipinski definition) is 2. The minimum Gasteiger partial charge on any atom is -0.497 e. The maximum Gasteiger partial charge on any atom is 0.251 e. The van der Waals surface area contributed by atoms with Crippen molar-refractivity contribution in [3.63, 3.8) is 0 Å². The molecule has 1 aliphatic carbocycles. The van der Waals surface area contributed by atoms with Crippen molar-refractivity contribution in [2.75, 3.05) is 7.11 Å². The number of carbonyl (C=O) groups is 1. The Morgan fingerprint density at radius 3 is 2.67 bits per heavy atom. The lowest BCUT2D eigenvalue weighted by atomic mass is 9.87. The molecule has 2 rings (SSSR count). The Hall–Kier alpha value is -1.51. The summed E-state index contributed by atoms with van der Waals surface area (Å²) in [4.78, 5) is 12.1. The first-order valence-corrected chi connectivity index (χ1v) is 6.64. The molecule has 0 unspecified atom stereocenters. The van der Waals surface area contributed by atoms with Crippen molar-refractivity contribution in [3.8, 4) is 5.75 Å². The lowest BCUT2D eigenvalue weighted by Crippen LogP contribution is -2.37. The number of nitrogens with one attached hydrogen (secondary N) is 1. The van der Waals surface area contributed by atoms with E-state index in [9.17, 15) is 4.79 Å². The SMILES string of the molecule is COc1cccc(C(=O)NC2CCC(C)CC2)c1. The quantitative estimate of drug-likeness (QED) is 0.891. The molecular formula is C15H21NO2. The molecule has 3 nitrogen and oxygen atoms in total. The summed E-state index contributed by atoms with van der Waals surface area (Å²) in [5, 5.41) is 3.11. The zero-order chi connectivity index (χ0) is 13.0. The van der Waals surface area contributed by atoms with Gasteiger partial charge in [-0.25, -0.2) is 0 Å². The van der Waals surface area contributed by atoms with Gasteiger partial charge in [0.15, 0.2) is 0 Å². The van der Waals surface area contributed by atoms with Crippen LogP contribution >= 0.6 is 0 Å². The number of benzene rings is 1. The van der Waals surface area contributed by atoms with Crippen LogP contribution in [-0.4, -0.2) is 19.1 Å². The zero-order valence-electron chi connectivity index (χ0n) is 11.1. The van der Waals surface area contributed by atoms with Gasteiger partial charge in [-0.05, 0) is 49.8 Å². The van der Waals surface area contributed by atoms with Crippen molar-refractivity contribution in [1.29, 1.82) is 0 Å². The second-order valence-corrected chi connectivity index (χ2v) is 5.16. The van der Waals surface area contributed by atoms with Crippen LogP contribution in [0.3, 0.4) is 0 Å². The van der Waals surface area contributed by atoms with E-state index >= 15 is 0 Å². The van der Waals surface area contributed by atoms with Gasteiger partial charge in [-0.3, -0.25) is 4.79 Å². The predicted octanol–water partition coefficient (Wildman–Crippen LogP) is 3.00. The maximum absolute atomic E-state index is 12.1. The smallest absolute Gasteiger partial charge is 0.251 e. The van der Waals surface area contributed by atoms with Crippen LogP contribution in [0, 0.1) is 5.92 Å². The number of ether oxygens (including phenoxy) is 1. The summed E-state index contributed by atoms with van der Waals surface area (Å²) in [7, 11) is 1.61. The molecule has 3 heteroatoms. The van der Waals surface area contributed by atoms with Crippen molar-refractivity contribution in [2.45, 2.75) is 38.6 Å². The van der Waals surface area contributed by atoms with Crippen LogP contribution in [-0.2, 0) is 0 Å². The number of hydrogen-bond donors (Lipinski definition) is 1. The van der Waals surface area contributed by atoms with Crippen molar-refractivity contribution in [2.24, 2.45) is 5.92 Å². The zero-order valence-corrected chi connectivity index (χ0v) is 11.1. The normalized spacial score (nSPS) is 23.4. The lowest BCUT2D eigenvalue weighted by molar-refractivity contribution is 0.0922. The van der Waals surface area contributed by atoms with Crippen molar-refractivity contribution in [1.82, 2.24) is 5.32 Å². The fourth-order valence-electron chi connectivity index (χ4n) is 2.44. The summed E-state index contributed by atoms with van der Waals surface area (Å²) >= 11 is 0. The standard InChI is InChI=1S/C15H21NO2/c1-11-6-8-13(9-7-11)16-15(17)12-4-3-5-14(10-12)18-2/h3-5,10-11,13H,6-9H2,1-2H3,(H,16,17). The Bertz CT molecular complexity index is 409. The van der Waals surface area contributed by atoms with Gasteiger partial charge < -0.3 is 10.1 Å². The average Bonchev–Trinajstić information content (AvgIpc) is 2.41. The molecule has 0 heterocycles. The van der Waals surface area contributed by atoms with Crippen LogP contribution in [0.5, 0.6) is 5.75 Å². The number of carbonyl (C=O) groups excluding carboxylic acids is 1. The fourth-order valence-corrected chi connectivity index (χ4v) is 2.44. The first kappa shape index (κ1) is 12.9. The maximum atomic E-state index is 12.1. The van der Waals surface area contributed by atoms with E-state index in [2.05, 4.69) is 12.2 Å². The first-order valence-electron chi connectivity index (χ1n) is 6.64. The largest absolute Gasteiger partial charge is 0.497 e. The molecule has 1 aromatic carbocycles. The van der Waals surface area contributed by atoms with Crippen molar-refractivity contribution >= 4 is 5.91 Å². The minimum atomic E-state index is 0.00783. The van der Waals surface area contributed by atoms with Crippen LogP contribution in [0.15, 0.2) is 24.3 Å². The Morgan fingerprint density at radius 2 is 2.00 bits per heavy atom. The first-order chi connectivity index (χ1) is 8.69. The molecule has 1 aromatic rings. The molecule has 1 aliphatic rings. The van der Waals surface area contributed by atoms with Crippen LogP contribution < -0.4 is 10.1 Å². The Labute approximate surface area is 109 Å². The predicted molar refractivity (Wildman–Crippen MR) is 71.9 cm³/mol. The second kappa shape index (κ2) is 5.89. The van der Waals surface area contributed by atoms with E-state index in [0.29, 0.717) is 11.6 Å². The highest BCUT2D eigenvalue weighted by Crippen LogP contribution is 2.23. The van der Waals surface area contributed by atoms with Gasteiger partial charge >= 0.3 is 0 Å². The number of methoxy groups -OCH3 is 1. The topological polar surface area (TPSA) is 38.3 Å². The van der Waals surface area contributed by atoms with Crippen molar-refractivity contribution in [3.05, 3.63) is 29.8 Å². The van der Waals surface area contributed by atoms with Gasteiger partial charge in [-0.15, -0.1) is 0 Å². The highest BCUT2D eigenvalue weighted by molar-refractivity contribution is 5.94. The summed E-state index contributed by atoms with van der Waals surface area (Å²) in [6.07, 6.45) is 4.61. The lowest BCUT2D eigenvalue weighted by Gasteiger charge is -2.26. The molecule has 0 bridgehead atoms. The van der Waals surface area contributed by atoms with Crippen LogP contribution in [0.4, 0.5) is 0 Å². The van der Waals surface area contributed by atoms with Gasteiger partial charge in [-0.2, -0.15) is 0 Å². The summed E-state index contributed by atoms with van der Waals surface area (Å²) < 4.78 is 5.13. The highest BCUT2D eigenvalue weighted by atomic mass is 16.5. The second-order valence-electron chi connectivity index (χ2n) is 5.16. The summed E-state index contributed by atoms with van der Waals surface area (Å²) in [6.45, 7) is 2.28. The number of rotatable bonds is 3. The third kappa shape index (κ3) is 3.25. The molecule has 18 heavy (non-hydrogen) atoms. The molecule has 0 saturated heterocycles. The Morgan fingerprint density at radius 1 is 1.28 bits per heavy atom. The van der Waals surface area contributed by atoms with Gasteiger partial charge in [0.1, 0.15) is 5.75 Å². The molecule has 1 fully saturated rings. The average molecular weight is 247 g/mol. The Kier molecular flexibility index (Phi) is 4.24. The van der Waals surface area contributed by atoms with E-state index in [1.54, 1.807) is 13.2 Å². The van der Waals surface area contributed by atoms with Gasteiger partial charge in [0.25, 0.3) is 5.91 Å². The number of amides is 1. The molecule has 1 amide bonds. The van der Waals surface area contributed by atoms with Crippen molar-refractivity contribution < 1.29 is 9.53 Å². The third-order valence-electron chi connectivity index (χ3n) is 3.68. The van der Waals surface area contributed by atoms with Crippen LogP contribution in [0.1, 0.15) is 43.0 Å². The van der Waals surface area contributed by atoms with E-state index < -0.39 is 0 Å². The van der Waals surface area contributed by atoms with E-state index in [1.165, 1.54) is 12.8 Å². The van der Waals surface area contributed by atoms with E-state index in [0.717, 1.165) is 24.5 Å². The summed E-state index contributed by atoms with van der Waals surface area (Å²) in [5.41, 5.74) is 0.674. The van der Waals surface area contributed by atoms with Gasteiger partial charge in [-0.1, -0.05) is 13.0 Å². The van der Waals surface area contributed by atoms with Gasteiger partial charge in [0.2, 0.25) is 0 Å². The van der Waals surface area contributed by atoms with E-state index in [-0.39, 0.29) is 5.91 Å². The molecule has 0 spiro atoms. The van der Waals surface area contributed by atoms with Gasteiger partial charge in [0, 0.05) is 11.6 Å². The molecule has 0 aliphatic heterocycles.